The average Bonchev–Trinajstić information content (AvgIpc) is 3.48. The quantitative estimate of drug-likeness (QED) is 0.302. The van der Waals surface area contributed by atoms with Crippen molar-refractivity contribution in [2.24, 2.45) is 4.99 Å². The van der Waals surface area contributed by atoms with Crippen molar-refractivity contribution >= 4 is 29.0 Å². The molecule has 0 saturated heterocycles. The molecule has 1 unspecified atom stereocenters. The van der Waals surface area contributed by atoms with Crippen molar-refractivity contribution in [3.05, 3.63) is 138 Å². The summed E-state index contributed by atoms with van der Waals surface area (Å²) in [5, 5.41) is 7.80. The molecule has 6 rings (SSSR count). The molecular weight excluding hydrogens is 558 g/mol. The van der Waals surface area contributed by atoms with E-state index in [1.165, 1.54) is 11.3 Å². The molecule has 9 heteroatoms. The zero-order valence-corrected chi connectivity index (χ0v) is 25.4. The van der Waals surface area contributed by atoms with Gasteiger partial charge >= 0.3 is 0 Å². The van der Waals surface area contributed by atoms with Gasteiger partial charge in [-0.05, 0) is 75.2 Å². The standard InChI is InChI=1S/C34H31N5O3S/c1-20-11-9-10-14-28(20)36-32(40)30-22(3)35-34-38(31(30)24-15-17-26(42-5)18-16-24)33(41)29(43-34)19-27-21(2)37-39(23(27)4)25-12-7-6-8-13-25/h6-19,31H,1-5H3,(H,36,40). The summed E-state index contributed by atoms with van der Waals surface area (Å²) in [6.45, 7) is 7.69. The molecule has 1 atom stereocenters. The van der Waals surface area contributed by atoms with Gasteiger partial charge in [0.25, 0.3) is 11.5 Å². The molecule has 8 nitrogen and oxygen atoms in total. The second-order valence-electron chi connectivity index (χ2n) is 10.5. The lowest BCUT2D eigenvalue weighted by Crippen LogP contribution is -2.40. The number of aryl methyl sites for hydroxylation is 2. The molecular formula is C34H31N5O3S. The number of nitrogens with one attached hydrogen (secondary N) is 1. The van der Waals surface area contributed by atoms with E-state index >= 15 is 0 Å². The minimum Gasteiger partial charge on any atom is -0.497 e. The number of anilines is 1. The van der Waals surface area contributed by atoms with Crippen LogP contribution in [0.1, 0.15) is 41.0 Å². The minimum absolute atomic E-state index is 0.218. The number of methoxy groups -OCH3 is 1. The first-order valence-electron chi connectivity index (χ1n) is 13.9. The summed E-state index contributed by atoms with van der Waals surface area (Å²) in [7, 11) is 1.60. The summed E-state index contributed by atoms with van der Waals surface area (Å²) < 4.78 is 9.41. The van der Waals surface area contributed by atoms with E-state index in [9.17, 15) is 9.59 Å². The first kappa shape index (κ1) is 28.1. The maximum absolute atomic E-state index is 14.2. The van der Waals surface area contributed by atoms with Crippen LogP contribution in [0.5, 0.6) is 5.75 Å². The molecule has 43 heavy (non-hydrogen) atoms. The fourth-order valence-corrected chi connectivity index (χ4v) is 6.46. The van der Waals surface area contributed by atoms with Crippen LogP contribution in [0.2, 0.25) is 0 Å². The predicted octanol–water partition coefficient (Wildman–Crippen LogP) is 4.99. The normalized spacial score (nSPS) is 14.8. The topological polar surface area (TPSA) is 90.5 Å². The number of fused-ring (bicyclic) bond motifs is 1. The highest BCUT2D eigenvalue weighted by atomic mass is 32.1. The predicted molar refractivity (Wildman–Crippen MR) is 170 cm³/mol. The van der Waals surface area contributed by atoms with Crippen LogP contribution >= 0.6 is 11.3 Å². The molecule has 0 aliphatic carbocycles. The molecule has 0 radical (unpaired) electrons. The van der Waals surface area contributed by atoms with E-state index in [2.05, 4.69) is 5.32 Å². The zero-order chi connectivity index (χ0) is 30.2. The highest BCUT2D eigenvalue weighted by Gasteiger charge is 2.33. The summed E-state index contributed by atoms with van der Waals surface area (Å²) in [5.41, 5.74) is 6.75. The van der Waals surface area contributed by atoms with E-state index in [-0.39, 0.29) is 11.5 Å². The maximum atomic E-state index is 14.2. The lowest BCUT2D eigenvalue weighted by molar-refractivity contribution is -0.113. The molecule has 2 aromatic heterocycles. The summed E-state index contributed by atoms with van der Waals surface area (Å²) >= 11 is 1.31. The van der Waals surface area contributed by atoms with Crippen LogP contribution in [-0.4, -0.2) is 27.4 Å². The summed E-state index contributed by atoms with van der Waals surface area (Å²) in [4.78, 5) is 33.4. The van der Waals surface area contributed by atoms with Gasteiger partial charge in [0.2, 0.25) is 0 Å². The Labute approximate surface area is 252 Å². The highest BCUT2D eigenvalue weighted by Crippen LogP contribution is 2.32. The molecule has 1 aliphatic rings. The van der Waals surface area contributed by atoms with E-state index in [0.29, 0.717) is 32.0 Å². The molecule has 1 aliphatic heterocycles. The van der Waals surface area contributed by atoms with Gasteiger partial charge in [-0.1, -0.05) is 59.9 Å². The third-order valence-electron chi connectivity index (χ3n) is 7.71. The zero-order valence-electron chi connectivity index (χ0n) is 24.6. The smallest absolute Gasteiger partial charge is 0.271 e. The van der Waals surface area contributed by atoms with Gasteiger partial charge in [0.15, 0.2) is 4.80 Å². The second kappa shape index (κ2) is 11.3. The second-order valence-corrected chi connectivity index (χ2v) is 11.5. The first-order chi connectivity index (χ1) is 20.8. The van der Waals surface area contributed by atoms with Gasteiger partial charge in [-0.3, -0.25) is 14.2 Å². The molecule has 5 aromatic rings. The van der Waals surface area contributed by atoms with Crippen LogP contribution in [0.15, 0.2) is 99.9 Å². The van der Waals surface area contributed by atoms with Crippen LogP contribution in [0.25, 0.3) is 11.8 Å². The van der Waals surface area contributed by atoms with Crippen molar-refractivity contribution < 1.29 is 9.53 Å². The molecule has 1 N–H and O–H groups in total. The third kappa shape index (κ3) is 5.12. The number of benzene rings is 3. The fourth-order valence-electron chi connectivity index (χ4n) is 5.43. The number of hydrogen-bond acceptors (Lipinski definition) is 6. The molecule has 3 aromatic carbocycles. The number of rotatable bonds is 6. The minimum atomic E-state index is -0.678. The van der Waals surface area contributed by atoms with Gasteiger partial charge in [-0.25, -0.2) is 9.67 Å². The monoisotopic (exact) mass is 589 g/mol. The van der Waals surface area contributed by atoms with E-state index in [1.54, 1.807) is 11.7 Å². The maximum Gasteiger partial charge on any atom is 0.271 e. The van der Waals surface area contributed by atoms with Crippen LogP contribution in [-0.2, 0) is 4.79 Å². The Bertz CT molecular complexity index is 2070. The van der Waals surface area contributed by atoms with Crippen molar-refractivity contribution in [3.8, 4) is 11.4 Å². The number of hydrogen-bond donors (Lipinski definition) is 1. The largest absolute Gasteiger partial charge is 0.497 e. The summed E-state index contributed by atoms with van der Waals surface area (Å²) in [5.74, 6) is 0.380. The van der Waals surface area contributed by atoms with E-state index in [0.717, 1.165) is 33.8 Å². The van der Waals surface area contributed by atoms with E-state index in [1.807, 2.05) is 117 Å². The molecule has 0 bridgehead atoms. The van der Waals surface area contributed by atoms with Crippen LogP contribution < -0.4 is 24.9 Å². The van der Waals surface area contributed by atoms with Gasteiger partial charge in [-0.2, -0.15) is 5.10 Å². The van der Waals surface area contributed by atoms with Gasteiger partial charge in [-0.15, -0.1) is 0 Å². The Morgan fingerprint density at radius 1 is 0.953 bits per heavy atom. The van der Waals surface area contributed by atoms with Crippen molar-refractivity contribution in [1.82, 2.24) is 14.3 Å². The molecule has 1 amide bonds. The van der Waals surface area contributed by atoms with Gasteiger partial charge in [0, 0.05) is 16.9 Å². The van der Waals surface area contributed by atoms with Crippen molar-refractivity contribution in [1.29, 1.82) is 0 Å². The molecule has 3 heterocycles. The molecule has 0 fully saturated rings. The number of ether oxygens (including phenoxy) is 1. The summed E-state index contributed by atoms with van der Waals surface area (Å²) in [6, 6.07) is 24.3. The number of amides is 1. The van der Waals surface area contributed by atoms with Gasteiger partial charge < -0.3 is 10.1 Å². The third-order valence-corrected chi connectivity index (χ3v) is 8.70. The number of thiazole rings is 1. The van der Waals surface area contributed by atoms with Crippen molar-refractivity contribution in [2.75, 3.05) is 12.4 Å². The average molecular weight is 590 g/mol. The Balaban J connectivity index is 1.50. The first-order valence-corrected chi connectivity index (χ1v) is 14.7. The highest BCUT2D eigenvalue weighted by molar-refractivity contribution is 7.07. The number of allylic oxidation sites excluding steroid dienone is 1. The number of carbonyl (C=O) groups is 1. The van der Waals surface area contributed by atoms with E-state index < -0.39 is 6.04 Å². The lowest BCUT2D eigenvalue weighted by atomic mass is 9.95. The van der Waals surface area contributed by atoms with Crippen LogP contribution in [0, 0.1) is 20.8 Å². The number of nitrogens with zero attached hydrogens (tertiary/aromatic N) is 4. The molecule has 0 spiro atoms. The number of para-hydroxylation sites is 2. The van der Waals surface area contributed by atoms with Gasteiger partial charge in [0.1, 0.15) is 5.75 Å². The SMILES string of the molecule is COc1ccc(C2C(C(=O)Nc3ccccc3C)=C(C)N=c3sc(=Cc4c(C)nn(-c5ccccc5)c4C)c(=O)n32)cc1. The van der Waals surface area contributed by atoms with Crippen LogP contribution in [0.4, 0.5) is 5.69 Å². The lowest BCUT2D eigenvalue weighted by Gasteiger charge is -2.25. The van der Waals surface area contributed by atoms with Crippen molar-refractivity contribution in [2.45, 2.75) is 33.7 Å². The Hall–Kier alpha value is -5.02. The summed E-state index contributed by atoms with van der Waals surface area (Å²) in [6.07, 6.45) is 1.89. The Kier molecular flexibility index (Phi) is 7.41. The Morgan fingerprint density at radius 3 is 2.35 bits per heavy atom. The van der Waals surface area contributed by atoms with Gasteiger partial charge in [0.05, 0.1) is 40.3 Å². The number of carbonyl (C=O) groups excluding carboxylic acids is 1. The van der Waals surface area contributed by atoms with Crippen LogP contribution in [0.3, 0.4) is 0 Å². The fraction of sp³-hybridized carbons (Fsp3) is 0.176. The molecule has 0 saturated carbocycles. The Morgan fingerprint density at radius 2 is 1.65 bits per heavy atom. The van der Waals surface area contributed by atoms with E-state index in [4.69, 9.17) is 14.8 Å². The molecule has 216 valence electrons. The van der Waals surface area contributed by atoms with Crippen molar-refractivity contribution in [3.63, 3.8) is 0 Å². The number of aromatic nitrogens is 3.